The largest absolute Gasteiger partial charge is 0.394 e. The molecule has 1 atom stereocenters. The summed E-state index contributed by atoms with van der Waals surface area (Å²) in [4.78, 5) is 16.6. The molecular formula is C19H32N2O2Si. The second kappa shape index (κ2) is 6.62. The van der Waals surface area contributed by atoms with Crippen LogP contribution in [-0.2, 0) is 15.8 Å². The van der Waals surface area contributed by atoms with Gasteiger partial charge in [0.25, 0.3) is 0 Å². The molecule has 0 bridgehead atoms. The standard InChI is InChI=1S/C19H32N2O2Si/c1-18(2,3)24(6,7)23-19(4)15-21(14-17(22)20(19)5)13-16-11-9-8-10-12-16/h8-12H,13-15H2,1-7H3. The quantitative estimate of drug-likeness (QED) is 0.778. The third-order valence-corrected chi connectivity index (χ3v) is 10.1. The van der Waals surface area contributed by atoms with Gasteiger partial charge in [0.2, 0.25) is 5.91 Å². The second-order valence-corrected chi connectivity index (χ2v) is 13.3. The number of carbonyl (C=O) groups is 1. The Hall–Kier alpha value is -1.17. The van der Waals surface area contributed by atoms with Gasteiger partial charge in [-0.25, -0.2) is 0 Å². The molecule has 5 heteroatoms. The molecule has 24 heavy (non-hydrogen) atoms. The van der Waals surface area contributed by atoms with Crippen molar-refractivity contribution in [3.05, 3.63) is 35.9 Å². The first-order chi connectivity index (χ1) is 10.9. The molecule has 1 amide bonds. The second-order valence-electron chi connectivity index (χ2n) is 8.62. The average Bonchev–Trinajstić information content (AvgIpc) is 2.44. The van der Waals surface area contributed by atoms with Crippen LogP contribution in [-0.4, -0.2) is 49.9 Å². The van der Waals surface area contributed by atoms with Crippen molar-refractivity contribution in [2.24, 2.45) is 0 Å². The molecule has 0 N–H and O–H groups in total. The van der Waals surface area contributed by atoms with E-state index in [0.29, 0.717) is 6.54 Å². The summed E-state index contributed by atoms with van der Waals surface area (Å²) in [5, 5.41) is 0.113. The van der Waals surface area contributed by atoms with E-state index in [9.17, 15) is 4.79 Å². The van der Waals surface area contributed by atoms with Crippen LogP contribution in [0.25, 0.3) is 0 Å². The SMILES string of the molecule is CN1C(=O)CN(Cc2ccccc2)CC1(C)O[Si](C)(C)C(C)(C)C. The maximum Gasteiger partial charge on any atom is 0.238 e. The molecule has 1 fully saturated rings. The summed E-state index contributed by atoms with van der Waals surface area (Å²) >= 11 is 0. The number of carbonyl (C=O) groups excluding carboxylic acids is 1. The zero-order chi connectivity index (χ0) is 18.2. The maximum atomic E-state index is 12.6. The Morgan fingerprint density at radius 1 is 1.21 bits per heavy atom. The Morgan fingerprint density at radius 2 is 1.79 bits per heavy atom. The van der Waals surface area contributed by atoms with E-state index < -0.39 is 14.0 Å². The van der Waals surface area contributed by atoms with Gasteiger partial charge in [0.15, 0.2) is 8.32 Å². The molecule has 0 spiro atoms. The van der Waals surface area contributed by atoms with Gasteiger partial charge in [0.05, 0.1) is 6.54 Å². The van der Waals surface area contributed by atoms with E-state index in [-0.39, 0.29) is 10.9 Å². The van der Waals surface area contributed by atoms with Gasteiger partial charge in [-0.05, 0) is 30.6 Å². The van der Waals surface area contributed by atoms with Crippen molar-refractivity contribution in [3.63, 3.8) is 0 Å². The van der Waals surface area contributed by atoms with Crippen molar-refractivity contribution >= 4 is 14.2 Å². The summed E-state index contributed by atoms with van der Waals surface area (Å²) < 4.78 is 6.68. The molecule has 134 valence electrons. The first-order valence-electron chi connectivity index (χ1n) is 8.68. The maximum absolute atomic E-state index is 12.6. The number of rotatable bonds is 4. The molecule has 1 aromatic carbocycles. The van der Waals surface area contributed by atoms with E-state index in [1.54, 1.807) is 4.90 Å². The van der Waals surface area contributed by atoms with Crippen molar-refractivity contribution in [1.29, 1.82) is 0 Å². The Morgan fingerprint density at radius 3 is 2.33 bits per heavy atom. The van der Waals surface area contributed by atoms with Gasteiger partial charge in [0.1, 0.15) is 5.72 Å². The Bertz CT molecular complexity index is 583. The van der Waals surface area contributed by atoms with Crippen LogP contribution < -0.4 is 0 Å². The minimum absolute atomic E-state index is 0.113. The first kappa shape index (κ1) is 19.2. The topological polar surface area (TPSA) is 32.8 Å². The van der Waals surface area contributed by atoms with Gasteiger partial charge in [-0.15, -0.1) is 0 Å². The molecule has 0 aliphatic carbocycles. The number of hydrogen-bond acceptors (Lipinski definition) is 3. The van der Waals surface area contributed by atoms with Crippen LogP contribution >= 0.6 is 0 Å². The highest BCUT2D eigenvalue weighted by molar-refractivity contribution is 6.74. The van der Waals surface area contributed by atoms with Gasteiger partial charge in [-0.3, -0.25) is 9.69 Å². The third kappa shape index (κ3) is 4.07. The smallest absolute Gasteiger partial charge is 0.238 e. The van der Waals surface area contributed by atoms with E-state index in [1.165, 1.54) is 5.56 Å². The molecule has 1 heterocycles. The average molecular weight is 349 g/mol. The molecular weight excluding hydrogens is 316 g/mol. The number of piperazine rings is 1. The van der Waals surface area contributed by atoms with E-state index in [1.807, 2.05) is 25.2 Å². The minimum atomic E-state index is -1.98. The minimum Gasteiger partial charge on any atom is -0.394 e. The fourth-order valence-electron chi connectivity index (χ4n) is 2.89. The molecule has 1 aromatic rings. The van der Waals surface area contributed by atoms with Crippen molar-refractivity contribution < 1.29 is 9.22 Å². The Balaban J connectivity index is 2.19. The lowest BCUT2D eigenvalue weighted by atomic mass is 10.1. The van der Waals surface area contributed by atoms with Crippen molar-refractivity contribution in [2.75, 3.05) is 20.1 Å². The predicted octanol–water partition coefficient (Wildman–Crippen LogP) is 3.70. The summed E-state index contributed by atoms with van der Waals surface area (Å²) in [6.07, 6.45) is 0. The molecule has 4 nitrogen and oxygen atoms in total. The van der Waals surface area contributed by atoms with E-state index in [0.717, 1.165) is 13.1 Å². The van der Waals surface area contributed by atoms with Gasteiger partial charge in [-0.2, -0.15) is 0 Å². The zero-order valence-corrected chi connectivity index (χ0v) is 17.2. The lowest BCUT2D eigenvalue weighted by Gasteiger charge is -2.52. The van der Waals surface area contributed by atoms with Crippen molar-refractivity contribution in [1.82, 2.24) is 9.80 Å². The first-order valence-corrected chi connectivity index (χ1v) is 11.6. The van der Waals surface area contributed by atoms with E-state index >= 15 is 0 Å². The molecule has 0 aromatic heterocycles. The number of nitrogens with zero attached hydrogens (tertiary/aromatic N) is 2. The van der Waals surface area contributed by atoms with Crippen LogP contribution in [0.4, 0.5) is 0 Å². The van der Waals surface area contributed by atoms with Gasteiger partial charge in [0, 0.05) is 20.1 Å². The number of likely N-dealkylation sites (N-methyl/N-ethyl adjacent to an activating group) is 1. The summed E-state index contributed by atoms with van der Waals surface area (Å²) in [5.41, 5.74) is 0.650. The van der Waals surface area contributed by atoms with Gasteiger partial charge < -0.3 is 9.33 Å². The molecule has 2 rings (SSSR count). The Kier molecular flexibility index (Phi) is 5.28. The zero-order valence-electron chi connectivity index (χ0n) is 16.2. The van der Waals surface area contributed by atoms with Crippen LogP contribution in [0.1, 0.15) is 33.3 Å². The fraction of sp³-hybridized carbons (Fsp3) is 0.632. The molecule has 1 saturated heterocycles. The molecule has 1 aliphatic heterocycles. The van der Waals surface area contributed by atoms with E-state index in [4.69, 9.17) is 4.43 Å². The highest BCUT2D eigenvalue weighted by atomic mass is 28.4. The van der Waals surface area contributed by atoms with Crippen LogP contribution in [0.5, 0.6) is 0 Å². The highest BCUT2D eigenvalue weighted by Crippen LogP contribution is 2.40. The van der Waals surface area contributed by atoms with Crippen molar-refractivity contribution in [3.8, 4) is 0 Å². The summed E-state index contributed by atoms with van der Waals surface area (Å²) in [7, 11) is -0.108. The Labute approximate surface area is 147 Å². The van der Waals surface area contributed by atoms with Gasteiger partial charge in [-0.1, -0.05) is 51.1 Å². The predicted molar refractivity (Wildman–Crippen MR) is 101 cm³/mol. The van der Waals surface area contributed by atoms with Gasteiger partial charge >= 0.3 is 0 Å². The summed E-state index contributed by atoms with van der Waals surface area (Å²) in [6.45, 7) is 15.2. The third-order valence-electron chi connectivity index (χ3n) is 5.49. The lowest BCUT2D eigenvalue weighted by Crippen LogP contribution is -2.66. The van der Waals surface area contributed by atoms with Crippen LogP contribution in [0, 0.1) is 0 Å². The van der Waals surface area contributed by atoms with Crippen LogP contribution in [0.2, 0.25) is 18.1 Å². The molecule has 0 saturated carbocycles. The summed E-state index contributed by atoms with van der Waals surface area (Å²) in [5.74, 6) is 0.124. The highest BCUT2D eigenvalue weighted by Gasteiger charge is 2.48. The molecule has 1 unspecified atom stereocenters. The lowest BCUT2D eigenvalue weighted by molar-refractivity contribution is -0.166. The van der Waals surface area contributed by atoms with E-state index in [2.05, 4.69) is 57.8 Å². The van der Waals surface area contributed by atoms with Crippen LogP contribution in [0.3, 0.4) is 0 Å². The normalized spacial score (nSPS) is 23.6. The molecule has 1 aliphatic rings. The number of amides is 1. The van der Waals surface area contributed by atoms with Crippen molar-refractivity contribution in [2.45, 2.75) is 58.1 Å². The summed E-state index contributed by atoms with van der Waals surface area (Å²) in [6, 6.07) is 10.3. The monoisotopic (exact) mass is 348 g/mol. The number of benzene rings is 1. The fourth-order valence-corrected chi connectivity index (χ4v) is 4.50. The number of hydrogen-bond donors (Lipinski definition) is 0. The van der Waals surface area contributed by atoms with Crippen LogP contribution in [0.15, 0.2) is 30.3 Å². The molecule has 0 radical (unpaired) electrons.